The molecule has 2 atom stereocenters. The lowest BCUT2D eigenvalue weighted by molar-refractivity contribution is 0.115. The molecule has 0 radical (unpaired) electrons. The van der Waals surface area contributed by atoms with E-state index >= 15 is 0 Å². The summed E-state index contributed by atoms with van der Waals surface area (Å²) in [5, 5.41) is 11.4. The molecule has 1 saturated heterocycles. The molecule has 0 N–H and O–H groups in total. The first-order valence-corrected chi connectivity index (χ1v) is 10.6. The minimum absolute atomic E-state index is 0.0941. The number of hydrogen-bond acceptors (Lipinski definition) is 4. The van der Waals surface area contributed by atoms with Crippen LogP contribution in [0.2, 0.25) is 0 Å². The SMILES string of the molecule is N#Cc1cccc(-c2ccc(=O)n3c2[C@H]2C[C@@H](CN(Cc4cccs4)C2)C3)c1. The van der Waals surface area contributed by atoms with Crippen molar-refractivity contribution in [3.05, 3.63) is 80.4 Å². The van der Waals surface area contributed by atoms with E-state index in [1.807, 2.05) is 46.2 Å². The van der Waals surface area contributed by atoms with Gasteiger partial charge in [0.25, 0.3) is 5.56 Å². The Bertz CT molecular complexity index is 1110. The molecule has 4 nitrogen and oxygen atoms in total. The van der Waals surface area contributed by atoms with E-state index in [9.17, 15) is 10.1 Å². The van der Waals surface area contributed by atoms with E-state index in [4.69, 9.17) is 0 Å². The standard InChI is InChI=1S/C23H21N3OS/c24-11-16-3-1-4-18(9-16)21-6-7-22(27)26-13-17-10-19(23(21)26)14-25(12-17)15-20-5-2-8-28-20/h1-9,17,19H,10,12-15H2/t17-,19-/m0/s1. The molecule has 0 aliphatic carbocycles. The van der Waals surface area contributed by atoms with E-state index in [1.165, 1.54) is 4.88 Å². The summed E-state index contributed by atoms with van der Waals surface area (Å²) in [7, 11) is 0. The molecule has 3 aromatic rings. The van der Waals surface area contributed by atoms with Gasteiger partial charge in [0, 0.05) is 54.3 Å². The fourth-order valence-electron chi connectivity index (χ4n) is 4.87. The Labute approximate surface area is 168 Å². The van der Waals surface area contributed by atoms with Gasteiger partial charge in [0.1, 0.15) is 0 Å². The fourth-order valence-corrected chi connectivity index (χ4v) is 5.61. The van der Waals surface area contributed by atoms with Crippen molar-refractivity contribution in [2.75, 3.05) is 13.1 Å². The Kier molecular flexibility index (Phi) is 4.38. The molecule has 0 unspecified atom stereocenters. The molecule has 1 fully saturated rings. The summed E-state index contributed by atoms with van der Waals surface area (Å²) in [6, 6.07) is 17.9. The van der Waals surface area contributed by atoms with Gasteiger partial charge < -0.3 is 4.57 Å². The molecule has 2 aromatic heterocycles. The maximum Gasteiger partial charge on any atom is 0.250 e. The minimum Gasteiger partial charge on any atom is -0.311 e. The van der Waals surface area contributed by atoms with Gasteiger partial charge in [-0.2, -0.15) is 5.26 Å². The topological polar surface area (TPSA) is 49.0 Å². The Balaban J connectivity index is 1.55. The molecule has 2 aliphatic heterocycles. The van der Waals surface area contributed by atoms with Gasteiger partial charge >= 0.3 is 0 Å². The molecular weight excluding hydrogens is 366 g/mol. The molecule has 140 valence electrons. The van der Waals surface area contributed by atoms with Crippen LogP contribution >= 0.6 is 11.3 Å². The number of likely N-dealkylation sites (tertiary alicyclic amines) is 1. The van der Waals surface area contributed by atoms with Gasteiger partial charge in [0.05, 0.1) is 11.6 Å². The van der Waals surface area contributed by atoms with Crippen molar-refractivity contribution in [2.45, 2.75) is 25.4 Å². The van der Waals surface area contributed by atoms with Crippen molar-refractivity contribution in [2.24, 2.45) is 5.92 Å². The van der Waals surface area contributed by atoms with Crippen LogP contribution in [0.3, 0.4) is 0 Å². The van der Waals surface area contributed by atoms with E-state index in [0.717, 1.165) is 49.4 Å². The number of rotatable bonds is 3. The van der Waals surface area contributed by atoms with Crippen LogP contribution in [0.4, 0.5) is 0 Å². The zero-order valence-electron chi connectivity index (χ0n) is 15.5. The highest BCUT2D eigenvalue weighted by atomic mass is 32.1. The molecular formula is C23H21N3OS. The predicted octanol–water partition coefficient (Wildman–Crippen LogP) is 4.07. The highest BCUT2D eigenvalue weighted by Crippen LogP contribution is 2.40. The van der Waals surface area contributed by atoms with Crippen LogP contribution in [-0.4, -0.2) is 22.6 Å². The van der Waals surface area contributed by atoms with Gasteiger partial charge in [0.2, 0.25) is 0 Å². The molecule has 5 rings (SSSR count). The molecule has 2 aliphatic rings. The molecule has 5 heteroatoms. The van der Waals surface area contributed by atoms with Crippen molar-refractivity contribution < 1.29 is 0 Å². The third kappa shape index (κ3) is 3.09. The highest BCUT2D eigenvalue weighted by Gasteiger charge is 2.36. The van der Waals surface area contributed by atoms with Crippen LogP contribution in [0.5, 0.6) is 0 Å². The molecule has 0 spiro atoms. The number of pyridine rings is 1. The zero-order chi connectivity index (χ0) is 19.1. The Morgan fingerprint density at radius 1 is 1.11 bits per heavy atom. The Morgan fingerprint density at radius 2 is 2.04 bits per heavy atom. The van der Waals surface area contributed by atoms with Gasteiger partial charge in [-0.05, 0) is 47.5 Å². The van der Waals surface area contributed by atoms with Crippen LogP contribution in [0.15, 0.2) is 58.7 Å². The number of aromatic nitrogens is 1. The third-order valence-electron chi connectivity index (χ3n) is 5.93. The lowest BCUT2D eigenvalue weighted by Crippen LogP contribution is -2.46. The predicted molar refractivity (Wildman–Crippen MR) is 111 cm³/mol. The van der Waals surface area contributed by atoms with Gasteiger partial charge in [0.15, 0.2) is 0 Å². The van der Waals surface area contributed by atoms with Crippen molar-refractivity contribution in [1.29, 1.82) is 5.26 Å². The summed E-state index contributed by atoms with van der Waals surface area (Å²) in [6.45, 7) is 3.80. The Morgan fingerprint density at radius 3 is 2.86 bits per heavy atom. The number of hydrogen-bond donors (Lipinski definition) is 0. The first-order chi connectivity index (χ1) is 13.7. The maximum absolute atomic E-state index is 12.6. The monoisotopic (exact) mass is 387 g/mol. The Hall–Kier alpha value is -2.68. The van der Waals surface area contributed by atoms with Gasteiger partial charge in [-0.25, -0.2) is 0 Å². The lowest BCUT2D eigenvalue weighted by atomic mass is 9.80. The average Bonchev–Trinajstić information content (AvgIpc) is 3.22. The second-order valence-electron chi connectivity index (χ2n) is 7.85. The number of fused-ring (bicyclic) bond motifs is 4. The van der Waals surface area contributed by atoms with E-state index in [2.05, 4.69) is 28.5 Å². The lowest BCUT2D eigenvalue weighted by Gasteiger charge is -2.43. The van der Waals surface area contributed by atoms with Crippen LogP contribution < -0.4 is 5.56 Å². The van der Waals surface area contributed by atoms with E-state index in [0.29, 0.717) is 17.4 Å². The summed E-state index contributed by atoms with van der Waals surface area (Å²) in [5.41, 5.74) is 4.01. The van der Waals surface area contributed by atoms with Crippen LogP contribution in [0, 0.1) is 17.2 Å². The summed E-state index contributed by atoms with van der Waals surface area (Å²) in [6.07, 6.45) is 1.13. The van der Waals surface area contributed by atoms with Crippen LogP contribution in [0.1, 0.15) is 28.5 Å². The third-order valence-corrected chi connectivity index (χ3v) is 6.79. The molecule has 28 heavy (non-hydrogen) atoms. The smallest absolute Gasteiger partial charge is 0.250 e. The molecule has 4 heterocycles. The van der Waals surface area contributed by atoms with Crippen LogP contribution in [-0.2, 0) is 13.1 Å². The number of benzene rings is 1. The molecule has 0 amide bonds. The summed E-state index contributed by atoms with van der Waals surface area (Å²) < 4.78 is 2.00. The van der Waals surface area contributed by atoms with Gasteiger partial charge in [-0.15, -0.1) is 11.3 Å². The second kappa shape index (κ2) is 7.05. The van der Waals surface area contributed by atoms with Crippen molar-refractivity contribution >= 4 is 11.3 Å². The molecule has 1 aromatic carbocycles. The normalized spacial score (nSPS) is 21.1. The quantitative estimate of drug-likeness (QED) is 0.681. The van der Waals surface area contributed by atoms with E-state index in [-0.39, 0.29) is 5.56 Å². The van der Waals surface area contributed by atoms with Gasteiger partial charge in [-0.3, -0.25) is 9.69 Å². The van der Waals surface area contributed by atoms with Crippen molar-refractivity contribution in [1.82, 2.24) is 9.47 Å². The second-order valence-corrected chi connectivity index (χ2v) is 8.88. The first-order valence-electron chi connectivity index (χ1n) is 9.70. The minimum atomic E-state index is 0.0941. The summed E-state index contributed by atoms with van der Waals surface area (Å²) >= 11 is 1.81. The zero-order valence-corrected chi connectivity index (χ0v) is 16.4. The number of thiophene rings is 1. The van der Waals surface area contributed by atoms with Crippen molar-refractivity contribution in [3.63, 3.8) is 0 Å². The van der Waals surface area contributed by atoms with E-state index < -0.39 is 0 Å². The highest BCUT2D eigenvalue weighted by molar-refractivity contribution is 7.09. The molecule has 2 bridgehead atoms. The van der Waals surface area contributed by atoms with E-state index in [1.54, 1.807) is 6.07 Å². The maximum atomic E-state index is 12.6. The average molecular weight is 388 g/mol. The largest absolute Gasteiger partial charge is 0.311 e. The summed E-state index contributed by atoms with van der Waals surface area (Å²) in [5.74, 6) is 0.867. The van der Waals surface area contributed by atoms with Gasteiger partial charge in [-0.1, -0.05) is 18.2 Å². The summed E-state index contributed by atoms with van der Waals surface area (Å²) in [4.78, 5) is 16.6. The van der Waals surface area contributed by atoms with Crippen LogP contribution in [0.25, 0.3) is 11.1 Å². The number of nitriles is 1. The fraction of sp³-hybridized carbons (Fsp3) is 0.304. The number of nitrogens with zero attached hydrogens (tertiary/aromatic N) is 3. The first kappa shape index (κ1) is 17.4. The van der Waals surface area contributed by atoms with Crippen molar-refractivity contribution in [3.8, 4) is 17.2 Å². The number of piperidine rings is 1. The molecule has 0 saturated carbocycles.